The highest BCUT2D eigenvalue weighted by molar-refractivity contribution is 7.80. The largest absolute Gasteiger partial charge is 0.436 e. The van der Waals surface area contributed by atoms with E-state index in [1.165, 1.54) is 6.07 Å². The van der Waals surface area contributed by atoms with E-state index in [1.54, 1.807) is 48.5 Å². The van der Waals surface area contributed by atoms with E-state index in [-0.39, 0.29) is 16.4 Å². The molecule has 0 bridgehead atoms. The van der Waals surface area contributed by atoms with Crippen molar-refractivity contribution < 1.29 is 14.1 Å². The van der Waals surface area contributed by atoms with Crippen LogP contribution in [0.1, 0.15) is 23.2 Å². The molecule has 188 valence electrons. The number of anilines is 2. The molecule has 0 aliphatic carbocycles. The first-order valence-electron chi connectivity index (χ1n) is 11.3. The van der Waals surface area contributed by atoms with Crippen molar-refractivity contribution in [3.8, 4) is 11.5 Å². The lowest BCUT2D eigenvalue weighted by molar-refractivity contribution is -0.384. The Morgan fingerprint density at radius 1 is 1.08 bits per heavy atom. The van der Waals surface area contributed by atoms with Crippen LogP contribution in [-0.4, -0.2) is 34.0 Å². The minimum Gasteiger partial charge on any atom is -0.436 e. The summed E-state index contributed by atoms with van der Waals surface area (Å²) in [7, 11) is 0. The highest BCUT2D eigenvalue weighted by atomic mass is 35.5. The molecule has 37 heavy (non-hydrogen) atoms. The van der Waals surface area contributed by atoms with Gasteiger partial charge in [-0.25, -0.2) is 4.98 Å². The highest BCUT2D eigenvalue weighted by Crippen LogP contribution is 2.33. The predicted octanol–water partition coefficient (Wildman–Crippen LogP) is 6.44. The first kappa shape index (κ1) is 24.9. The second kappa shape index (κ2) is 10.3. The van der Waals surface area contributed by atoms with Crippen molar-refractivity contribution in [2.24, 2.45) is 0 Å². The summed E-state index contributed by atoms with van der Waals surface area (Å²) in [5.41, 5.74) is 2.79. The summed E-state index contributed by atoms with van der Waals surface area (Å²) >= 11 is 17.5. The fourth-order valence-electron chi connectivity index (χ4n) is 4.16. The number of aromatic nitrogens is 1. The summed E-state index contributed by atoms with van der Waals surface area (Å²) in [6.07, 6.45) is 1.96. The zero-order chi connectivity index (χ0) is 26.1. The highest BCUT2D eigenvalue weighted by Gasteiger charge is 2.24. The number of carbonyl (C=O) groups excluding carboxylic acids is 1. The number of carbonyl (C=O) groups is 1. The van der Waals surface area contributed by atoms with Crippen LogP contribution < -0.4 is 15.5 Å². The van der Waals surface area contributed by atoms with Crippen LogP contribution in [0.3, 0.4) is 0 Å². The first-order valence-corrected chi connectivity index (χ1v) is 12.5. The second-order valence-electron chi connectivity index (χ2n) is 8.39. The molecular weight excluding hydrogens is 537 g/mol. The van der Waals surface area contributed by atoms with Crippen LogP contribution in [0.15, 0.2) is 59.0 Å². The molecule has 2 heterocycles. The standard InChI is InChI=1S/C25H19Cl2N5O4S/c26-15-4-6-17(18(27)12-15)24-29-19-13-16(5-8-22(19)36-24)28-25(37)30-23(33)14-3-7-20(21(11-14)32(34)35)31-9-1-2-10-31/h3-8,11-13H,1-2,9-10H2,(H2,28,30,33,37). The molecule has 5 rings (SSSR count). The Morgan fingerprint density at radius 3 is 2.59 bits per heavy atom. The summed E-state index contributed by atoms with van der Waals surface area (Å²) in [4.78, 5) is 30.4. The van der Waals surface area contributed by atoms with E-state index in [0.29, 0.717) is 44.0 Å². The Morgan fingerprint density at radius 2 is 1.86 bits per heavy atom. The van der Waals surface area contributed by atoms with E-state index in [0.717, 1.165) is 25.9 Å². The molecule has 1 aromatic heterocycles. The maximum absolute atomic E-state index is 12.8. The zero-order valence-electron chi connectivity index (χ0n) is 19.2. The smallest absolute Gasteiger partial charge is 0.293 e. The number of nitrogens with zero attached hydrogens (tertiary/aromatic N) is 3. The molecule has 12 heteroatoms. The number of halogens is 2. The number of rotatable bonds is 5. The molecule has 0 atom stereocenters. The van der Waals surface area contributed by atoms with E-state index in [9.17, 15) is 14.9 Å². The SMILES string of the molecule is O=C(NC(=S)Nc1ccc2oc(-c3ccc(Cl)cc3Cl)nc2c1)c1ccc(N2CCCC2)c([N+](=O)[O-])c1. The molecule has 0 radical (unpaired) electrons. The minimum atomic E-state index is -0.559. The molecule has 3 aromatic carbocycles. The van der Waals surface area contributed by atoms with Crippen LogP contribution in [-0.2, 0) is 0 Å². The molecule has 0 saturated carbocycles. The number of fused-ring (bicyclic) bond motifs is 1. The van der Waals surface area contributed by atoms with Gasteiger partial charge in [-0.15, -0.1) is 0 Å². The zero-order valence-corrected chi connectivity index (χ0v) is 21.5. The third-order valence-electron chi connectivity index (χ3n) is 5.92. The third kappa shape index (κ3) is 5.36. The first-order chi connectivity index (χ1) is 17.8. The molecule has 1 fully saturated rings. The normalized spacial score (nSPS) is 13.1. The number of oxazole rings is 1. The van der Waals surface area contributed by atoms with Gasteiger partial charge < -0.3 is 14.6 Å². The molecule has 9 nitrogen and oxygen atoms in total. The molecule has 1 aliphatic rings. The topological polar surface area (TPSA) is 114 Å². The van der Waals surface area contributed by atoms with Gasteiger partial charge in [-0.05, 0) is 73.6 Å². The lowest BCUT2D eigenvalue weighted by atomic mass is 10.1. The van der Waals surface area contributed by atoms with Crippen molar-refractivity contribution in [3.63, 3.8) is 0 Å². The number of benzene rings is 3. The van der Waals surface area contributed by atoms with Gasteiger partial charge >= 0.3 is 0 Å². The summed E-state index contributed by atoms with van der Waals surface area (Å²) in [6.45, 7) is 1.51. The van der Waals surface area contributed by atoms with Crippen molar-refractivity contribution in [2.75, 3.05) is 23.3 Å². The molecule has 1 saturated heterocycles. The van der Waals surface area contributed by atoms with Gasteiger partial charge in [-0.2, -0.15) is 0 Å². The number of nitro groups is 1. The lowest BCUT2D eigenvalue weighted by Gasteiger charge is -2.18. The minimum absolute atomic E-state index is 0.0279. The van der Waals surface area contributed by atoms with Gasteiger partial charge in [0, 0.05) is 35.4 Å². The summed E-state index contributed by atoms with van der Waals surface area (Å²) in [6, 6.07) is 14.6. The number of nitro benzene ring substituents is 1. The predicted molar refractivity (Wildman–Crippen MR) is 148 cm³/mol. The van der Waals surface area contributed by atoms with E-state index in [1.807, 2.05) is 4.90 Å². The quantitative estimate of drug-likeness (QED) is 0.164. The van der Waals surface area contributed by atoms with Crippen LogP contribution in [0, 0.1) is 10.1 Å². The van der Waals surface area contributed by atoms with Gasteiger partial charge in [0.15, 0.2) is 10.7 Å². The monoisotopic (exact) mass is 555 g/mol. The summed E-state index contributed by atoms with van der Waals surface area (Å²) < 4.78 is 5.81. The fraction of sp³-hybridized carbons (Fsp3) is 0.160. The van der Waals surface area contributed by atoms with Gasteiger partial charge in [-0.3, -0.25) is 20.2 Å². The van der Waals surface area contributed by atoms with Crippen molar-refractivity contribution in [2.45, 2.75) is 12.8 Å². The Kier molecular flexibility index (Phi) is 6.96. The summed E-state index contributed by atoms with van der Waals surface area (Å²) in [5.74, 6) is -0.223. The molecule has 1 amide bonds. The van der Waals surface area contributed by atoms with Gasteiger partial charge in [0.25, 0.3) is 11.6 Å². The Balaban J connectivity index is 1.29. The molecule has 4 aromatic rings. The average molecular weight is 556 g/mol. The molecule has 1 aliphatic heterocycles. The molecule has 2 N–H and O–H groups in total. The van der Waals surface area contributed by atoms with Crippen LogP contribution in [0.2, 0.25) is 10.0 Å². The van der Waals surface area contributed by atoms with Crippen LogP contribution in [0.5, 0.6) is 0 Å². The Labute approximate surface area is 226 Å². The maximum Gasteiger partial charge on any atom is 0.293 e. The van der Waals surface area contributed by atoms with Crippen LogP contribution in [0.4, 0.5) is 17.1 Å². The Hall–Kier alpha value is -3.73. The van der Waals surface area contributed by atoms with Crippen LogP contribution >= 0.6 is 35.4 Å². The van der Waals surface area contributed by atoms with Gasteiger partial charge in [0.2, 0.25) is 5.89 Å². The number of hydrogen-bond donors (Lipinski definition) is 2. The molecular formula is C25H19Cl2N5O4S. The van der Waals surface area contributed by atoms with Gasteiger partial charge in [-0.1, -0.05) is 23.2 Å². The average Bonchev–Trinajstić information content (AvgIpc) is 3.53. The molecule has 0 spiro atoms. The number of thiocarbonyl (C=S) groups is 1. The number of hydrogen-bond acceptors (Lipinski definition) is 7. The lowest BCUT2D eigenvalue weighted by Crippen LogP contribution is -2.34. The summed E-state index contributed by atoms with van der Waals surface area (Å²) in [5, 5.41) is 18.1. The van der Waals surface area contributed by atoms with E-state index in [2.05, 4.69) is 15.6 Å². The number of amides is 1. The van der Waals surface area contributed by atoms with Crippen molar-refractivity contribution in [1.82, 2.24) is 10.3 Å². The third-order valence-corrected chi connectivity index (χ3v) is 6.67. The van der Waals surface area contributed by atoms with Crippen molar-refractivity contribution in [3.05, 3.63) is 80.3 Å². The van der Waals surface area contributed by atoms with E-state index < -0.39 is 10.8 Å². The van der Waals surface area contributed by atoms with Crippen molar-refractivity contribution >= 4 is 74.6 Å². The van der Waals surface area contributed by atoms with Crippen LogP contribution in [0.25, 0.3) is 22.6 Å². The fourth-order valence-corrected chi connectivity index (χ4v) is 4.86. The van der Waals surface area contributed by atoms with Gasteiger partial charge in [0.1, 0.15) is 11.2 Å². The Bertz CT molecular complexity index is 1550. The second-order valence-corrected chi connectivity index (χ2v) is 9.64. The van der Waals surface area contributed by atoms with E-state index >= 15 is 0 Å². The van der Waals surface area contributed by atoms with Gasteiger partial charge in [0.05, 0.1) is 15.5 Å². The number of nitrogens with one attached hydrogen (secondary N) is 2. The van der Waals surface area contributed by atoms with E-state index in [4.69, 9.17) is 39.8 Å². The molecule has 0 unspecified atom stereocenters. The van der Waals surface area contributed by atoms with Crippen molar-refractivity contribution in [1.29, 1.82) is 0 Å². The maximum atomic E-state index is 12.8.